The van der Waals surface area contributed by atoms with E-state index in [2.05, 4.69) is 10.3 Å². The number of ether oxygens (including phenoxy) is 1. The summed E-state index contributed by atoms with van der Waals surface area (Å²) in [5.41, 5.74) is 2.45. The van der Waals surface area contributed by atoms with Gasteiger partial charge in [0.15, 0.2) is 0 Å². The quantitative estimate of drug-likeness (QED) is 0.686. The second kappa shape index (κ2) is 7.85. The van der Waals surface area contributed by atoms with Crippen LogP contribution in [-0.2, 0) is 11.3 Å². The molecule has 6 heteroatoms. The molecule has 0 fully saturated rings. The molecular formula is C19H18ClN3O2. The van der Waals surface area contributed by atoms with Crippen LogP contribution in [0.5, 0.6) is 5.75 Å². The zero-order chi connectivity index (χ0) is 17.6. The van der Waals surface area contributed by atoms with Crippen LogP contribution in [0.25, 0.3) is 11.7 Å². The zero-order valence-corrected chi connectivity index (χ0v) is 14.5. The van der Waals surface area contributed by atoms with E-state index in [-0.39, 0.29) is 5.91 Å². The van der Waals surface area contributed by atoms with Crippen molar-refractivity contribution in [3.05, 3.63) is 71.1 Å². The number of hydrogen-bond donors (Lipinski definition) is 1. The van der Waals surface area contributed by atoms with Gasteiger partial charge in [0, 0.05) is 23.5 Å². The number of carbonyl (C=O) groups is 1. The van der Waals surface area contributed by atoms with Crippen molar-refractivity contribution in [3.8, 4) is 5.75 Å². The first kappa shape index (κ1) is 17.0. The lowest BCUT2D eigenvalue weighted by Crippen LogP contribution is -2.20. The van der Waals surface area contributed by atoms with Crippen molar-refractivity contribution in [2.45, 2.75) is 13.5 Å². The molecule has 0 aliphatic carbocycles. The second-order valence-electron chi connectivity index (χ2n) is 5.40. The van der Waals surface area contributed by atoms with Gasteiger partial charge in [-0.15, -0.1) is 0 Å². The van der Waals surface area contributed by atoms with Crippen molar-refractivity contribution in [3.63, 3.8) is 0 Å². The Kier molecular flexibility index (Phi) is 5.36. The van der Waals surface area contributed by atoms with Crippen molar-refractivity contribution < 1.29 is 9.53 Å². The zero-order valence-electron chi connectivity index (χ0n) is 13.8. The molecule has 0 unspecified atom stereocenters. The fourth-order valence-electron chi connectivity index (χ4n) is 2.35. The fraction of sp³-hybridized carbons (Fsp3) is 0.158. The maximum Gasteiger partial charge on any atom is 0.244 e. The summed E-state index contributed by atoms with van der Waals surface area (Å²) in [7, 11) is 0. The number of imidazole rings is 1. The Morgan fingerprint density at radius 3 is 2.88 bits per heavy atom. The molecule has 25 heavy (non-hydrogen) atoms. The third kappa shape index (κ3) is 4.61. The minimum absolute atomic E-state index is 0.177. The highest BCUT2D eigenvalue weighted by atomic mass is 35.5. The van der Waals surface area contributed by atoms with Gasteiger partial charge in [0.25, 0.3) is 0 Å². The van der Waals surface area contributed by atoms with Gasteiger partial charge in [-0.05, 0) is 42.8 Å². The first-order valence-electron chi connectivity index (χ1n) is 7.96. The third-order valence-corrected chi connectivity index (χ3v) is 3.77. The molecule has 0 aliphatic heterocycles. The van der Waals surface area contributed by atoms with Crippen LogP contribution in [-0.4, -0.2) is 21.9 Å². The number of rotatable bonds is 6. The summed E-state index contributed by atoms with van der Waals surface area (Å²) in [6.07, 6.45) is 6.96. The SMILES string of the molecule is CCOc1ccc(/C=C/C(=O)NCc2cn3ccc(Cl)cc3n2)cc1. The molecule has 0 atom stereocenters. The van der Waals surface area contributed by atoms with Crippen molar-refractivity contribution in [2.24, 2.45) is 0 Å². The maximum atomic E-state index is 12.0. The highest BCUT2D eigenvalue weighted by Crippen LogP contribution is 2.13. The predicted molar refractivity (Wildman–Crippen MR) is 98.7 cm³/mol. The number of nitrogens with one attached hydrogen (secondary N) is 1. The molecule has 0 aliphatic rings. The Balaban J connectivity index is 1.56. The molecule has 0 saturated heterocycles. The monoisotopic (exact) mass is 355 g/mol. The van der Waals surface area contributed by atoms with Crippen LogP contribution in [0.1, 0.15) is 18.2 Å². The van der Waals surface area contributed by atoms with Crippen LogP contribution >= 0.6 is 11.6 Å². The number of fused-ring (bicyclic) bond motifs is 1. The molecule has 2 aromatic heterocycles. The van der Waals surface area contributed by atoms with E-state index in [1.54, 1.807) is 18.2 Å². The highest BCUT2D eigenvalue weighted by molar-refractivity contribution is 6.30. The van der Waals surface area contributed by atoms with Crippen LogP contribution in [0, 0.1) is 0 Å². The minimum Gasteiger partial charge on any atom is -0.494 e. The molecule has 0 spiro atoms. The van der Waals surface area contributed by atoms with Gasteiger partial charge in [-0.1, -0.05) is 23.7 Å². The van der Waals surface area contributed by atoms with E-state index in [4.69, 9.17) is 16.3 Å². The van der Waals surface area contributed by atoms with E-state index in [9.17, 15) is 4.79 Å². The molecule has 1 N–H and O–H groups in total. The number of pyridine rings is 1. The Hall–Kier alpha value is -2.79. The number of amides is 1. The number of hydrogen-bond acceptors (Lipinski definition) is 3. The summed E-state index contributed by atoms with van der Waals surface area (Å²) < 4.78 is 7.25. The predicted octanol–water partition coefficient (Wildman–Crippen LogP) is 3.72. The van der Waals surface area contributed by atoms with Gasteiger partial charge in [-0.2, -0.15) is 0 Å². The van der Waals surface area contributed by atoms with Gasteiger partial charge in [0.1, 0.15) is 11.4 Å². The van der Waals surface area contributed by atoms with Crippen LogP contribution in [0.2, 0.25) is 5.02 Å². The number of benzene rings is 1. The summed E-state index contributed by atoms with van der Waals surface area (Å²) in [5.74, 6) is 0.639. The molecule has 0 saturated carbocycles. The first-order valence-corrected chi connectivity index (χ1v) is 8.34. The van der Waals surface area contributed by atoms with Crippen molar-refractivity contribution in [1.29, 1.82) is 0 Å². The summed E-state index contributed by atoms with van der Waals surface area (Å²) in [4.78, 5) is 16.4. The topological polar surface area (TPSA) is 55.6 Å². The van der Waals surface area contributed by atoms with Crippen LogP contribution in [0.3, 0.4) is 0 Å². The molecule has 128 valence electrons. The van der Waals surface area contributed by atoms with E-state index in [0.717, 1.165) is 22.7 Å². The van der Waals surface area contributed by atoms with Gasteiger partial charge in [-0.3, -0.25) is 4.79 Å². The van der Waals surface area contributed by atoms with Crippen molar-refractivity contribution in [1.82, 2.24) is 14.7 Å². The smallest absolute Gasteiger partial charge is 0.244 e. The van der Waals surface area contributed by atoms with Gasteiger partial charge < -0.3 is 14.5 Å². The average molecular weight is 356 g/mol. The first-order chi connectivity index (χ1) is 12.1. The van der Waals surface area contributed by atoms with Crippen LogP contribution in [0.15, 0.2) is 54.9 Å². The number of carbonyl (C=O) groups excluding carboxylic acids is 1. The Morgan fingerprint density at radius 2 is 2.12 bits per heavy atom. The fourth-order valence-corrected chi connectivity index (χ4v) is 2.50. The Morgan fingerprint density at radius 1 is 1.32 bits per heavy atom. The number of nitrogens with zero attached hydrogens (tertiary/aromatic N) is 2. The van der Waals surface area contributed by atoms with Gasteiger partial charge in [0.2, 0.25) is 5.91 Å². The molecule has 3 rings (SSSR count). The van der Waals surface area contributed by atoms with Crippen LogP contribution < -0.4 is 10.1 Å². The third-order valence-electron chi connectivity index (χ3n) is 3.53. The normalized spacial score (nSPS) is 11.1. The summed E-state index contributed by atoms with van der Waals surface area (Å²) in [6.45, 7) is 2.93. The van der Waals surface area contributed by atoms with E-state index in [1.807, 2.05) is 48.0 Å². The second-order valence-corrected chi connectivity index (χ2v) is 5.83. The molecule has 2 heterocycles. The van der Waals surface area contributed by atoms with Crippen molar-refractivity contribution in [2.75, 3.05) is 6.61 Å². The van der Waals surface area contributed by atoms with E-state index < -0.39 is 0 Å². The Labute approximate surface area is 150 Å². The molecule has 0 bridgehead atoms. The molecule has 0 radical (unpaired) electrons. The summed E-state index contributed by atoms with van der Waals surface area (Å²) >= 11 is 5.94. The van der Waals surface area contributed by atoms with E-state index in [0.29, 0.717) is 18.2 Å². The highest BCUT2D eigenvalue weighted by Gasteiger charge is 2.03. The maximum absolute atomic E-state index is 12.0. The lowest BCUT2D eigenvalue weighted by molar-refractivity contribution is -0.116. The van der Waals surface area contributed by atoms with Gasteiger partial charge in [-0.25, -0.2) is 4.98 Å². The molecule has 1 aromatic carbocycles. The van der Waals surface area contributed by atoms with Crippen molar-refractivity contribution >= 4 is 29.2 Å². The molecule has 3 aromatic rings. The van der Waals surface area contributed by atoms with E-state index >= 15 is 0 Å². The average Bonchev–Trinajstić information content (AvgIpc) is 3.01. The molecule has 1 amide bonds. The summed E-state index contributed by atoms with van der Waals surface area (Å²) in [5, 5.41) is 3.45. The Bertz CT molecular complexity index is 901. The minimum atomic E-state index is -0.177. The van der Waals surface area contributed by atoms with Gasteiger partial charge >= 0.3 is 0 Å². The number of aromatic nitrogens is 2. The van der Waals surface area contributed by atoms with Gasteiger partial charge in [0.05, 0.1) is 18.8 Å². The standard InChI is InChI=1S/C19H18ClN3O2/c1-2-25-17-6-3-14(4-7-17)5-8-19(24)21-12-16-13-23-10-9-15(20)11-18(23)22-16/h3-11,13H,2,12H2,1H3,(H,21,24)/b8-5+. The lowest BCUT2D eigenvalue weighted by Gasteiger charge is -2.02. The largest absolute Gasteiger partial charge is 0.494 e. The lowest BCUT2D eigenvalue weighted by atomic mass is 10.2. The van der Waals surface area contributed by atoms with E-state index in [1.165, 1.54) is 6.08 Å². The molecular weight excluding hydrogens is 338 g/mol. The molecule has 5 nitrogen and oxygen atoms in total. The van der Waals surface area contributed by atoms with Crippen LogP contribution in [0.4, 0.5) is 0 Å². The summed E-state index contributed by atoms with van der Waals surface area (Å²) in [6, 6.07) is 11.1. The number of halogens is 1.